The number of piperidine rings is 1. The average molecular weight is 316 g/mol. The molecule has 1 fully saturated rings. The van der Waals surface area contributed by atoms with Gasteiger partial charge in [0.05, 0.1) is 10.6 Å². The van der Waals surface area contributed by atoms with Gasteiger partial charge >= 0.3 is 0 Å². The summed E-state index contributed by atoms with van der Waals surface area (Å²) in [5, 5.41) is 0. The molecule has 1 aromatic rings. The first-order chi connectivity index (χ1) is 9.21. The smallest absolute Gasteiger partial charge is 0.261 e. The van der Waals surface area contributed by atoms with Gasteiger partial charge < -0.3 is 0 Å². The second kappa shape index (κ2) is 5.18. The molecule has 0 atom stereocenters. The van der Waals surface area contributed by atoms with Crippen molar-refractivity contribution in [2.75, 3.05) is 4.90 Å². The van der Waals surface area contributed by atoms with E-state index in [1.807, 2.05) is 0 Å². The molecule has 0 N–H and O–H groups in total. The van der Waals surface area contributed by atoms with Crippen LogP contribution in [0.3, 0.4) is 0 Å². The molecule has 0 saturated carbocycles. The fourth-order valence-electron chi connectivity index (χ4n) is 2.48. The Bertz CT molecular complexity index is 657. The number of aryl methyl sites for hydroxylation is 2. The topological polar surface area (TPSA) is 71.5 Å². The molecular weight excluding hydrogens is 302 g/mol. The number of imide groups is 1. The van der Waals surface area contributed by atoms with Crippen molar-refractivity contribution in [2.45, 2.75) is 38.0 Å². The molecule has 1 aromatic carbocycles. The molecule has 1 aliphatic heterocycles. The van der Waals surface area contributed by atoms with E-state index in [0.29, 0.717) is 36.1 Å². The summed E-state index contributed by atoms with van der Waals surface area (Å²) in [6.45, 7) is 3.18. The zero-order chi connectivity index (χ0) is 15.1. The second-order valence-electron chi connectivity index (χ2n) is 4.82. The summed E-state index contributed by atoms with van der Waals surface area (Å²) in [6, 6.07) is 3.01. The predicted octanol–water partition coefficient (Wildman–Crippen LogP) is 2.27. The van der Waals surface area contributed by atoms with E-state index in [9.17, 15) is 18.0 Å². The Morgan fingerprint density at radius 2 is 1.50 bits per heavy atom. The number of carbonyl (C=O) groups excluding carboxylic acids is 2. The van der Waals surface area contributed by atoms with E-state index < -0.39 is 9.05 Å². The van der Waals surface area contributed by atoms with Gasteiger partial charge in [0.2, 0.25) is 11.8 Å². The van der Waals surface area contributed by atoms with Crippen LogP contribution in [0.25, 0.3) is 0 Å². The number of hydrogen-bond acceptors (Lipinski definition) is 4. The highest BCUT2D eigenvalue weighted by Gasteiger charge is 2.29. The first kappa shape index (κ1) is 15.0. The summed E-state index contributed by atoms with van der Waals surface area (Å²) in [4.78, 5) is 24.9. The van der Waals surface area contributed by atoms with Crippen LogP contribution in [0.15, 0.2) is 17.0 Å². The Morgan fingerprint density at radius 1 is 1.05 bits per heavy atom. The van der Waals surface area contributed by atoms with Crippen LogP contribution in [-0.4, -0.2) is 20.2 Å². The molecule has 2 rings (SSSR count). The minimum absolute atomic E-state index is 0.0276. The monoisotopic (exact) mass is 315 g/mol. The number of anilines is 1. The van der Waals surface area contributed by atoms with Crippen molar-refractivity contribution in [2.24, 2.45) is 0 Å². The summed E-state index contributed by atoms with van der Waals surface area (Å²) >= 11 is 0. The third-order valence-electron chi connectivity index (χ3n) is 3.23. The van der Waals surface area contributed by atoms with Gasteiger partial charge in [-0.1, -0.05) is 0 Å². The van der Waals surface area contributed by atoms with Gasteiger partial charge in [-0.15, -0.1) is 0 Å². The van der Waals surface area contributed by atoms with Gasteiger partial charge in [-0.05, 0) is 43.5 Å². The van der Waals surface area contributed by atoms with Crippen molar-refractivity contribution in [3.8, 4) is 0 Å². The van der Waals surface area contributed by atoms with Gasteiger partial charge in [-0.2, -0.15) is 0 Å². The lowest BCUT2D eigenvalue weighted by Gasteiger charge is -2.26. The number of hydrogen-bond donors (Lipinski definition) is 0. The fourth-order valence-corrected chi connectivity index (χ4v) is 4.10. The molecule has 7 heteroatoms. The van der Waals surface area contributed by atoms with Crippen LogP contribution in [0.2, 0.25) is 0 Å². The Labute approximate surface area is 121 Å². The Kier molecular flexibility index (Phi) is 3.88. The molecule has 0 radical (unpaired) electrons. The largest absolute Gasteiger partial charge is 0.274 e. The van der Waals surface area contributed by atoms with Gasteiger partial charge in [0.25, 0.3) is 9.05 Å². The lowest BCUT2D eigenvalue weighted by molar-refractivity contribution is -0.129. The van der Waals surface area contributed by atoms with Crippen molar-refractivity contribution < 1.29 is 18.0 Å². The molecule has 1 heterocycles. The maximum Gasteiger partial charge on any atom is 0.261 e. The van der Waals surface area contributed by atoms with Crippen molar-refractivity contribution in [1.29, 1.82) is 0 Å². The number of rotatable bonds is 2. The maximum absolute atomic E-state index is 11.9. The highest BCUT2D eigenvalue weighted by molar-refractivity contribution is 8.13. The quantitative estimate of drug-likeness (QED) is 0.620. The first-order valence-corrected chi connectivity index (χ1v) is 8.44. The summed E-state index contributed by atoms with van der Waals surface area (Å²) in [5.41, 5.74) is 1.24. The van der Waals surface area contributed by atoms with E-state index >= 15 is 0 Å². The summed E-state index contributed by atoms with van der Waals surface area (Å²) in [6.07, 6.45) is 1.19. The molecule has 1 aliphatic rings. The maximum atomic E-state index is 11.9. The zero-order valence-electron chi connectivity index (χ0n) is 11.1. The van der Waals surface area contributed by atoms with E-state index in [2.05, 4.69) is 0 Å². The molecule has 0 aliphatic carbocycles. The lowest BCUT2D eigenvalue weighted by atomic mass is 10.1. The lowest BCUT2D eigenvalue weighted by Crippen LogP contribution is -2.40. The van der Waals surface area contributed by atoms with Crippen LogP contribution in [0, 0.1) is 13.8 Å². The highest BCUT2D eigenvalue weighted by Crippen LogP contribution is 2.30. The highest BCUT2D eigenvalue weighted by atomic mass is 35.7. The van der Waals surface area contributed by atoms with E-state index in [1.54, 1.807) is 13.8 Å². The van der Waals surface area contributed by atoms with Gasteiger partial charge in [-0.25, -0.2) is 8.42 Å². The first-order valence-electron chi connectivity index (χ1n) is 6.13. The fraction of sp³-hybridized carbons (Fsp3) is 0.385. The number of benzene rings is 1. The SMILES string of the molecule is Cc1cc(N2C(=O)CCCC2=O)cc(C)c1S(=O)(=O)Cl. The molecule has 0 unspecified atom stereocenters. The number of halogens is 1. The molecule has 0 bridgehead atoms. The van der Waals surface area contributed by atoms with Crippen LogP contribution >= 0.6 is 10.7 Å². The van der Waals surface area contributed by atoms with E-state index in [4.69, 9.17) is 10.7 Å². The minimum Gasteiger partial charge on any atom is -0.274 e. The Morgan fingerprint density at radius 3 is 1.90 bits per heavy atom. The van der Waals surface area contributed by atoms with Crippen LogP contribution in [0.1, 0.15) is 30.4 Å². The molecule has 1 saturated heterocycles. The van der Waals surface area contributed by atoms with E-state index in [1.165, 1.54) is 12.1 Å². The van der Waals surface area contributed by atoms with Crippen LogP contribution < -0.4 is 4.90 Å². The molecular formula is C13H14ClNO4S. The Balaban J connectivity index is 2.55. The molecule has 0 aromatic heterocycles. The van der Waals surface area contributed by atoms with E-state index in [-0.39, 0.29) is 16.7 Å². The minimum atomic E-state index is -3.85. The van der Waals surface area contributed by atoms with Crippen molar-refractivity contribution in [3.63, 3.8) is 0 Å². The third-order valence-corrected chi connectivity index (χ3v) is 4.82. The zero-order valence-corrected chi connectivity index (χ0v) is 12.7. The van der Waals surface area contributed by atoms with Crippen LogP contribution in [0.4, 0.5) is 5.69 Å². The molecule has 2 amide bonds. The molecule has 5 nitrogen and oxygen atoms in total. The average Bonchev–Trinajstić information content (AvgIpc) is 2.25. The Hall–Kier alpha value is -1.40. The van der Waals surface area contributed by atoms with Crippen molar-refractivity contribution in [1.82, 2.24) is 0 Å². The standard InChI is InChI=1S/C13H14ClNO4S/c1-8-6-10(7-9(2)13(8)20(14,18)19)15-11(16)4-3-5-12(15)17/h6-7H,3-5H2,1-2H3. The predicted molar refractivity (Wildman–Crippen MR) is 75.3 cm³/mol. The number of nitrogens with zero attached hydrogens (tertiary/aromatic N) is 1. The van der Waals surface area contributed by atoms with Crippen molar-refractivity contribution >= 4 is 37.2 Å². The van der Waals surface area contributed by atoms with Gasteiger partial charge in [0, 0.05) is 23.5 Å². The molecule has 108 valence electrons. The van der Waals surface area contributed by atoms with Gasteiger partial charge in [0.1, 0.15) is 0 Å². The van der Waals surface area contributed by atoms with Gasteiger partial charge in [-0.3, -0.25) is 14.5 Å². The van der Waals surface area contributed by atoms with Crippen LogP contribution in [-0.2, 0) is 18.6 Å². The van der Waals surface area contributed by atoms with Crippen LogP contribution in [0.5, 0.6) is 0 Å². The summed E-state index contributed by atoms with van der Waals surface area (Å²) in [5.74, 6) is -0.525. The summed E-state index contributed by atoms with van der Waals surface area (Å²) in [7, 11) is 1.53. The normalized spacial score (nSPS) is 16.6. The second-order valence-corrected chi connectivity index (χ2v) is 7.33. The summed E-state index contributed by atoms with van der Waals surface area (Å²) < 4.78 is 23.0. The van der Waals surface area contributed by atoms with Crippen molar-refractivity contribution in [3.05, 3.63) is 23.3 Å². The number of amides is 2. The molecule has 0 spiro atoms. The van der Waals surface area contributed by atoms with Gasteiger partial charge in [0.15, 0.2) is 0 Å². The molecule has 20 heavy (non-hydrogen) atoms. The van der Waals surface area contributed by atoms with E-state index in [0.717, 1.165) is 4.90 Å². The number of carbonyl (C=O) groups is 2. The third kappa shape index (κ3) is 2.71.